The molecule has 20 heavy (non-hydrogen) atoms. The number of piperidine rings is 1. The van der Waals surface area contributed by atoms with E-state index >= 15 is 0 Å². The van der Waals surface area contributed by atoms with Crippen molar-refractivity contribution in [1.82, 2.24) is 4.90 Å². The van der Waals surface area contributed by atoms with Crippen LogP contribution in [0.2, 0.25) is 0 Å². The summed E-state index contributed by atoms with van der Waals surface area (Å²) in [6, 6.07) is 6.98. The minimum absolute atomic E-state index is 0.0136. The number of carbonyl (C=O) groups excluding carboxylic acids is 2. The maximum Gasteiger partial charge on any atom is 0.488 e. The summed E-state index contributed by atoms with van der Waals surface area (Å²) in [7, 11) is -1.52. The molecule has 0 saturated carbocycles. The summed E-state index contributed by atoms with van der Waals surface area (Å²) in [6.07, 6.45) is 1.67. The fourth-order valence-corrected chi connectivity index (χ4v) is 2.42. The number of hydrogen-bond donors (Lipinski definition) is 2. The second kappa shape index (κ2) is 6.68. The highest BCUT2D eigenvalue weighted by atomic mass is 16.4. The van der Waals surface area contributed by atoms with E-state index in [2.05, 4.69) is 0 Å². The Hall–Kier alpha value is -1.66. The van der Waals surface area contributed by atoms with Crippen molar-refractivity contribution < 1.29 is 19.6 Å². The van der Waals surface area contributed by atoms with E-state index in [4.69, 9.17) is 0 Å². The molecule has 0 radical (unpaired) electrons. The summed E-state index contributed by atoms with van der Waals surface area (Å²) >= 11 is 0. The van der Waals surface area contributed by atoms with Crippen LogP contribution in [0, 0.1) is 0 Å². The van der Waals surface area contributed by atoms with E-state index in [9.17, 15) is 19.6 Å². The summed E-state index contributed by atoms with van der Waals surface area (Å²) in [4.78, 5) is 24.9. The van der Waals surface area contributed by atoms with Crippen molar-refractivity contribution in [3.8, 4) is 0 Å². The minimum Gasteiger partial charge on any atom is -0.423 e. The molecule has 5 nitrogen and oxygen atoms in total. The van der Waals surface area contributed by atoms with Crippen molar-refractivity contribution in [1.29, 1.82) is 0 Å². The van der Waals surface area contributed by atoms with Gasteiger partial charge in [-0.1, -0.05) is 24.3 Å². The Kier molecular flexibility index (Phi) is 4.92. The molecule has 6 heteroatoms. The van der Waals surface area contributed by atoms with Crippen molar-refractivity contribution in [2.45, 2.75) is 25.7 Å². The van der Waals surface area contributed by atoms with Crippen molar-refractivity contribution in [3.05, 3.63) is 29.8 Å². The van der Waals surface area contributed by atoms with Gasteiger partial charge >= 0.3 is 7.12 Å². The standard InChI is InChI=1S/C14H18BNO4/c17-12-7-9-16(10-8-12)14(18)6-5-11-3-1-2-4-13(11)15(19)20/h1-4,19-20H,5-10H2. The number of benzene rings is 1. The fourth-order valence-electron chi connectivity index (χ4n) is 2.42. The zero-order chi connectivity index (χ0) is 14.5. The smallest absolute Gasteiger partial charge is 0.423 e. The lowest BCUT2D eigenvalue weighted by atomic mass is 9.76. The van der Waals surface area contributed by atoms with Crippen LogP contribution in [0.5, 0.6) is 0 Å². The molecule has 1 aliphatic rings. The Labute approximate surface area is 118 Å². The molecule has 1 aromatic rings. The molecule has 0 spiro atoms. The molecular formula is C14H18BNO4. The molecule has 1 fully saturated rings. The number of carbonyl (C=O) groups is 2. The van der Waals surface area contributed by atoms with Gasteiger partial charge in [-0.2, -0.15) is 0 Å². The van der Waals surface area contributed by atoms with Gasteiger partial charge in [0, 0.05) is 32.4 Å². The highest BCUT2D eigenvalue weighted by Gasteiger charge is 2.21. The lowest BCUT2D eigenvalue weighted by molar-refractivity contribution is -0.134. The van der Waals surface area contributed by atoms with E-state index < -0.39 is 7.12 Å². The summed E-state index contributed by atoms with van der Waals surface area (Å²) in [5, 5.41) is 18.5. The zero-order valence-electron chi connectivity index (χ0n) is 11.3. The van der Waals surface area contributed by atoms with Gasteiger partial charge in [-0.05, 0) is 17.4 Å². The van der Waals surface area contributed by atoms with E-state index in [1.807, 2.05) is 6.07 Å². The van der Waals surface area contributed by atoms with Gasteiger partial charge in [0.05, 0.1) is 0 Å². The Balaban J connectivity index is 1.92. The predicted molar refractivity (Wildman–Crippen MR) is 75.4 cm³/mol. The van der Waals surface area contributed by atoms with Crippen LogP contribution < -0.4 is 5.46 Å². The van der Waals surface area contributed by atoms with Gasteiger partial charge in [-0.25, -0.2) is 0 Å². The van der Waals surface area contributed by atoms with E-state index in [-0.39, 0.29) is 11.7 Å². The summed E-state index contributed by atoms with van der Waals surface area (Å²) in [5.74, 6) is 0.225. The SMILES string of the molecule is O=C1CCN(C(=O)CCc2ccccc2B(O)O)CC1. The second-order valence-corrected chi connectivity index (χ2v) is 4.99. The lowest BCUT2D eigenvalue weighted by Gasteiger charge is -2.26. The van der Waals surface area contributed by atoms with Crippen LogP contribution in [0.4, 0.5) is 0 Å². The van der Waals surface area contributed by atoms with Gasteiger partial charge in [0.15, 0.2) is 0 Å². The minimum atomic E-state index is -1.52. The summed E-state index contributed by atoms with van der Waals surface area (Å²) in [5.41, 5.74) is 1.21. The third kappa shape index (κ3) is 3.68. The molecule has 0 unspecified atom stereocenters. The number of likely N-dealkylation sites (tertiary alicyclic amines) is 1. The fraction of sp³-hybridized carbons (Fsp3) is 0.429. The van der Waals surface area contributed by atoms with E-state index in [1.54, 1.807) is 23.1 Å². The molecule has 0 atom stereocenters. The highest BCUT2D eigenvalue weighted by Crippen LogP contribution is 2.09. The van der Waals surface area contributed by atoms with Crippen LogP contribution in [0.15, 0.2) is 24.3 Å². The Morgan fingerprint density at radius 2 is 1.85 bits per heavy atom. The Morgan fingerprint density at radius 1 is 1.20 bits per heavy atom. The largest absolute Gasteiger partial charge is 0.488 e. The first-order chi connectivity index (χ1) is 9.58. The third-order valence-corrected chi connectivity index (χ3v) is 3.62. The molecule has 0 aliphatic carbocycles. The molecule has 1 saturated heterocycles. The first kappa shape index (κ1) is 14.7. The average Bonchev–Trinajstić information content (AvgIpc) is 2.45. The van der Waals surface area contributed by atoms with Gasteiger partial charge < -0.3 is 14.9 Å². The Bertz CT molecular complexity index is 494. The number of Topliss-reactive ketones (excluding diaryl/α,β-unsaturated/α-hetero) is 1. The topological polar surface area (TPSA) is 77.8 Å². The number of ketones is 1. The molecule has 1 aromatic carbocycles. The highest BCUT2D eigenvalue weighted by molar-refractivity contribution is 6.59. The van der Waals surface area contributed by atoms with Gasteiger partial charge in [0.1, 0.15) is 5.78 Å². The van der Waals surface area contributed by atoms with E-state index in [0.29, 0.717) is 44.2 Å². The number of amides is 1. The van der Waals surface area contributed by atoms with Gasteiger partial charge in [-0.3, -0.25) is 9.59 Å². The van der Waals surface area contributed by atoms with Crippen molar-refractivity contribution >= 4 is 24.3 Å². The molecular weight excluding hydrogens is 257 g/mol. The first-order valence-electron chi connectivity index (χ1n) is 6.81. The molecule has 2 N–H and O–H groups in total. The normalized spacial score (nSPS) is 15.3. The number of hydrogen-bond acceptors (Lipinski definition) is 4. The second-order valence-electron chi connectivity index (χ2n) is 4.99. The predicted octanol–water partition coefficient (Wildman–Crippen LogP) is -0.510. The maximum atomic E-state index is 12.0. The van der Waals surface area contributed by atoms with Crippen LogP contribution in [0.3, 0.4) is 0 Å². The van der Waals surface area contributed by atoms with E-state index in [1.165, 1.54) is 0 Å². The Morgan fingerprint density at radius 3 is 2.50 bits per heavy atom. The molecule has 1 heterocycles. The number of nitrogens with zero attached hydrogens (tertiary/aromatic N) is 1. The van der Waals surface area contributed by atoms with Crippen LogP contribution >= 0.6 is 0 Å². The zero-order valence-corrected chi connectivity index (χ0v) is 11.3. The van der Waals surface area contributed by atoms with Crippen molar-refractivity contribution in [3.63, 3.8) is 0 Å². The molecule has 0 aromatic heterocycles. The van der Waals surface area contributed by atoms with Crippen LogP contribution in [0.25, 0.3) is 0 Å². The molecule has 2 rings (SSSR count). The molecule has 1 amide bonds. The maximum absolute atomic E-state index is 12.0. The van der Waals surface area contributed by atoms with Crippen LogP contribution in [-0.4, -0.2) is 46.8 Å². The van der Waals surface area contributed by atoms with Crippen molar-refractivity contribution in [2.75, 3.05) is 13.1 Å². The molecule has 0 bridgehead atoms. The number of aryl methyl sites for hydroxylation is 1. The molecule has 1 aliphatic heterocycles. The summed E-state index contributed by atoms with van der Waals surface area (Å²) < 4.78 is 0. The van der Waals surface area contributed by atoms with Gasteiger partial charge in [0.25, 0.3) is 0 Å². The molecule has 106 valence electrons. The quantitative estimate of drug-likeness (QED) is 0.725. The van der Waals surface area contributed by atoms with E-state index in [0.717, 1.165) is 5.56 Å². The number of rotatable bonds is 4. The first-order valence-corrected chi connectivity index (χ1v) is 6.81. The van der Waals surface area contributed by atoms with Crippen LogP contribution in [0.1, 0.15) is 24.8 Å². The lowest BCUT2D eigenvalue weighted by Crippen LogP contribution is -2.39. The van der Waals surface area contributed by atoms with Crippen molar-refractivity contribution in [2.24, 2.45) is 0 Å². The average molecular weight is 275 g/mol. The monoisotopic (exact) mass is 275 g/mol. The van der Waals surface area contributed by atoms with Gasteiger partial charge in [0.2, 0.25) is 5.91 Å². The van der Waals surface area contributed by atoms with Crippen LogP contribution in [-0.2, 0) is 16.0 Å². The van der Waals surface area contributed by atoms with Gasteiger partial charge in [-0.15, -0.1) is 0 Å². The summed E-state index contributed by atoms with van der Waals surface area (Å²) in [6.45, 7) is 1.00. The third-order valence-electron chi connectivity index (χ3n) is 3.62.